The molecule has 0 aromatic heterocycles. The molecule has 0 aliphatic rings. The van der Waals surface area contributed by atoms with E-state index in [1.54, 1.807) is 6.07 Å². The van der Waals surface area contributed by atoms with Crippen LogP contribution in [0.25, 0.3) is 0 Å². The molecule has 112 valence electrons. The van der Waals surface area contributed by atoms with E-state index in [2.05, 4.69) is 36.5 Å². The standard InChI is InChI=1S/C18H21ClFN/c1-2-21-18(16-12-11-15(20)13-17(16)19)10-6-9-14-7-4-3-5-8-14/h3-5,7-8,11-13,18,21H,2,6,9-10H2,1H3. The molecule has 0 aliphatic carbocycles. The molecule has 0 heterocycles. The molecule has 0 saturated heterocycles. The van der Waals surface area contributed by atoms with Crippen molar-refractivity contribution in [1.29, 1.82) is 0 Å². The molecule has 2 aromatic carbocycles. The van der Waals surface area contributed by atoms with Crippen LogP contribution in [-0.2, 0) is 6.42 Å². The Bertz CT molecular complexity index is 556. The van der Waals surface area contributed by atoms with Crippen molar-refractivity contribution in [3.8, 4) is 0 Å². The second-order valence-electron chi connectivity index (χ2n) is 5.15. The van der Waals surface area contributed by atoms with Gasteiger partial charge >= 0.3 is 0 Å². The molecule has 1 N–H and O–H groups in total. The lowest BCUT2D eigenvalue weighted by Crippen LogP contribution is -2.21. The van der Waals surface area contributed by atoms with Crippen molar-refractivity contribution in [2.45, 2.75) is 32.2 Å². The summed E-state index contributed by atoms with van der Waals surface area (Å²) >= 11 is 6.18. The van der Waals surface area contributed by atoms with E-state index in [1.807, 2.05) is 6.07 Å². The van der Waals surface area contributed by atoms with Crippen molar-refractivity contribution in [3.63, 3.8) is 0 Å². The van der Waals surface area contributed by atoms with E-state index < -0.39 is 0 Å². The molecule has 3 heteroatoms. The lowest BCUT2D eigenvalue weighted by atomic mass is 9.99. The van der Waals surface area contributed by atoms with E-state index in [1.165, 1.54) is 17.7 Å². The highest BCUT2D eigenvalue weighted by molar-refractivity contribution is 6.31. The largest absolute Gasteiger partial charge is 0.310 e. The normalized spacial score (nSPS) is 12.3. The molecule has 0 aliphatic heterocycles. The first-order valence-corrected chi connectivity index (χ1v) is 7.80. The van der Waals surface area contributed by atoms with E-state index in [0.29, 0.717) is 5.02 Å². The molecule has 1 unspecified atom stereocenters. The highest BCUT2D eigenvalue weighted by Gasteiger charge is 2.14. The molecule has 2 rings (SSSR count). The van der Waals surface area contributed by atoms with Gasteiger partial charge < -0.3 is 5.32 Å². The molecule has 0 amide bonds. The molecule has 0 saturated carbocycles. The third-order valence-electron chi connectivity index (χ3n) is 3.59. The average molecular weight is 306 g/mol. The van der Waals surface area contributed by atoms with Gasteiger partial charge in [-0.15, -0.1) is 0 Å². The van der Waals surface area contributed by atoms with Gasteiger partial charge in [-0.2, -0.15) is 0 Å². The van der Waals surface area contributed by atoms with Gasteiger partial charge in [0.2, 0.25) is 0 Å². The van der Waals surface area contributed by atoms with Crippen molar-refractivity contribution < 1.29 is 4.39 Å². The van der Waals surface area contributed by atoms with Crippen LogP contribution in [0.2, 0.25) is 5.02 Å². The van der Waals surface area contributed by atoms with Gasteiger partial charge in [0.1, 0.15) is 5.82 Å². The lowest BCUT2D eigenvalue weighted by Gasteiger charge is -2.19. The summed E-state index contributed by atoms with van der Waals surface area (Å²) in [5.74, 6) is -0.289. The van der Waals surface area contributed by atoms with Gasteiger partial charge in [0.15, 0.2) is 0 Å². The molecule has 0 spiro atoms. The first-order chi connectivity index (χ1) is 10.2. The number of aryl methyl sites for hydroxylation is 1. The van der Waals surface area contributed by atoms with E-state index in [9.17, 15) is 4.39 Å². The monoisotopic (exact) mass is 305 g/mol. The van der Waals surface area contributed by atoms with E-state index in [4.69, 9.17) is 11.6 Å². The van der Waals surface area contributed by atoms with Gasteiger partial charge in [-0.05, 0) is 49.1 Å². The van der Waals surface area contributed by atoms with Crippen LogP contribution in [0.4, 0.5) is 4.39 Å². The Morgan fingerprint density at radius 3 is 2.57 bits per heavy atom. The number of benzene rings is 2. The SMILES string of the molecule is CCNC(CCCc1ccccc1)c1ccc(F)cc1Cl. The van der Waals surface area contributed by atoms with Gasteiger partial charge in [0.25, 0.3) is 0 Å². The molecule has 2 aromatic rings. The van der Waals surface area contributed by atoms with Crippen LogP contribution in [-0.4, -0.2) is 6.54 Å². The highest BCUT2D eigenvalue weighted by Crippen LogP contribution is 2.27. The molecular weight excluding hydrogens is 285 g/mol. The predicted octanol–water partition coefficient (Wildman–Crippen LogP) is 5.15. The zero-order valence-electron chi connectivity index (χ0n) is 12.3. The second kappa shape index (κ2) is 8.16. The highest BCUT2D eigenvalue weighted by atomic mass is 35.5. The van der Waals surface area contributed by atoms with Crippen molar-refractivity contribution in [2.75, 3.05) is 6.54 Å². The first kappa shape index (κ1) is 16.0. The van der Waals surface area contributed by atoms with E-state index >= 15 is 0 Å². The summed E-state index contributed by atoms with van der Waals surface area (Å²) in [6.45, 7) is 2.94. The Morgan fingerprint density at radius 1 is 1.14 bits per heavy atom. The van der Waals surface area contributed by atoms with Crippen LogP contribution in [0.5, 0.6) is 0 Å². The maximum absolute atomic E-state index is 13.2. The van der Waals surface area contributed by atoms with Crippen molar-refractivity contribution >= 4 is 11.6 Å². The Morgan fingerprint density at radius 2 is 1.90 bits per heavy atom. The third kappa shape index (κ3) is 4.83. The molecule has 21 heavy (non-hydrogen) atoms. The summed E-state index contributed by atoms with van der Waals surface area (Å²) in [6.07, 6.45) is 3.09. The van der Waals surface area contributed by atoms with Crippen LogP contribution in [0, 0.1) is 5.82 Å². The average Bonchev–Trinajstić information content (AvgIpc) is 2.48. The molecule has 0 radical (unpaired) electrons. The maximum Gasteiger partial charge on any atom is 0.124 e. The van der Waals surface area contributed by atoms with Gasteiger partial charge in [-0.3, -0.25) is 0 Å². The topological polar surface area (TPSA) is 12.0 Å². The minimum absolute atomic E-state index is 0.173. The van der Waals surface area contributed by atoms with Crippen LogP contribution < -0.4 is 5.32 Å². The van der Waals surface area contributed by atoms with Gasteiger partial charge in [0, 0.05) is 11.1 Å². The van der Waals surface area contributed by atoms with Crippen LogP contribution in [0.15, 0.2) is 48.5 Å². The van der Waals surface area contributed by atoms with Gasteiger partial charge in [-0.1, -0.05) is 54.9 Å². The van der Waals surface area contributed by atoms with Crippen molar-refractivity contribution in [2.24, 2.45) is 0 Å². The van der Waals surface area contributed by atoms with E-state index in [-0.39, 0.29) is 11.9 Å². The van der Waals surface area contributed by atoms with E-state index in [0.717, 1.165) is 31.4 Å². The van der Waals surface area contributed by atoms with Crippen LogP contribution >= 0.6 is 11.6 Å². The molecule has 0 fully saturated rings. The number of hydrogen-bond donors (Lipinski definition) is 1. The fourth-order valence-corrected chi connectivity index (χ4v) is 2.85. The number of halogens is 2. The summed E-state index contributed by atoms with van der Waals surface area (Å²) in [6, 6.07) is 15.3. The summed E-state index contributed by atoms with van der Waals surface area (Å²) in [4.78, 5) is 0. The molecule has 1 atom stereocenters. The zero-order chi connectivity index (χ0) is 15.1. The molecule has 1 nitrogen and oxygen atoms in total. The number of nitrogens with one attached hydrogen (secondary N) is 1. The third-order valence-corrected chi connectivity index (χ3v) is 3.92. The summed E-state index contributed by atoms with van der Waals surface area (Å²) in [5.41, 5.74) is 2.32. The quantitative estimate of drug-likeness (QED) is 0.745. The smallest absolute Gasteiger partial charge is 0.124 e. The Labute approximate surface area is 131 Å². The Kier molecular flexibility index (Phi) is 6.21. The lowest BCUT2D eigenvalue weighted by molar-refractivity contribution is 0.497. The summed E-state index contributed by atoms with van der Waals surface area (Å²) in [5, 5.41) is 3.94. The number of rotatable bonds is 7. The van der Waals surface area contributed by atoms with Crippen molar-refractivity contribution in [1.82, 2.24) is 5.32 Å². The Hall–Kier alpha value is -1.38. The summed E-state index contributed by atoms with van der Waals surface area (Å²) in [7, 11) is 0. The fraction of sp³-hybridized carbons (Fsp3) is 0.333. The maximum atomic E-state index is 13.2. The predicted molar refractivity (Wildman–Crippen MR) is 87.2 cm³/mol. The zero-order valence-corrected chi connectivity index (χ0v) is 13.0. The van der Waals surface area contributed by atoms with Crippen LogP contribution in [0.3, 0.4) is 0 Å². The fourth-order valence-electron chi connectivity index (χ4n) is 2.55. The van der Waals surface area contributed by atoms with Gasteiger partial charge in [-0.25, -0.2) is 4.39 Å². The second-order valence-corrected chi connectivity index (χ2v) is 5.56. The molecule has 0 bridgehead atoms. The van der Waals surface area contributed by atoms with Gasteiger partial charge in [0.05, 0.1) is 0 Å². The minimum Gasteiger partial charge on any atom is -0.310 e. The summed E-state index contributed by atoms with van der Waals surface area (Å²) < 4.78 is 13.2. The van der Waals surface area contributed by atoms with Crippen LogP contribution in [0.1, 0.15) is 36.9 Å². The van der Waals surface area contributed by atoms with Crippen molar-refractivity contribution in [3.05, 3.63) is 70.5 Å². The Balaban J connectivity index is 1.98. The minimum atomic E-state index is -0.289. The number of hydrogen-bond acceptors (Lipinski definition) is 1. The first-order valence-electron chi connectivity index (χ1n) is 7.43. The molecular formula is C18H21ClFN.